The maximum Gasteiger partial charge on any atom is 0.277 e. The van der Waals surface area contributed by atoms with Gasteiger partial charge in [-0.15, -0.1) is 0 Å². The fourth-order valence-corrected chi connectivity index (χ4v) is 2.24. The molecule has 0 saturated carbocycles. The average Bonchev–Trinajstić information content (AvgIpc) is 3.03. The van der Waals surface area contributed by atoms with Crippen molar-refractivity contribution in [2.75, 3.05) is 5.32 Å². The summed E-state index contributed by atoms with van der Waals surface area (Å²) in [5.41, 5.74) is 1.10. The fraction of sp³-hybridized carbons (Fsp3) is 0.118. The maximum atomic E-state index is 12.2. The number of anilines is 1. The van der Waals surface area contributed by atoms with Gasteiger partial charge in [0.05, 0.1) is 5.02 Å². The number of aromatic nitrogens is 3. The first-order valence-corrected chi connectivity index (χ1v) is 7.65. The molecule has 0 bridgehead atoms. The minimum atomic E-state index is -0.329. The lowest BCUT2D eigenvalue weighted by molar-refractivity contribution is 0.102. The van der Waals surface area contributed by atoms with Gasteiger partial charge in [-0.05, 0) is 37.3 Å². The molecule has 0 radical (unpaired) electrons. The molecule has 2 aromatic heterocycles. The van der Waals surface area contributed by atoms with E-state index in [2.05, 4.69) is 15.4 Å². The molecule has 1 N–H and O–H groups in total. The number of aryl methyl sites for hydroxylation is 1. The van der Waals surface area contributed by atoms with E-state index in [-0.39, 0.29) is 18.3 Å². The van der Waals surface area contributed by atoms with Crippen LogP contribution in [0.2, 0.25) is 5.02 Å². The standard InChI is InChI=1S/C17H15ClN4O2/c1-12-5-4-8-16(19-12)20-17(23)14-9-10-22(21-14)11-24-15-7-3-2-6-13(15)18/h2-10H,11H2,1H3,(H,19,20,23). The van der Waals surface area contributed by atoms with Crippen molar-refractivity contribution in [2.45, 2.75) is 13.7 Å². The smallest absolute Gasteiger partial charge is 0.277 e. The lowest BCUT2D eigenvalue weighted by Gasteiger charge is -2.07. The quantitative estimate of drug-likeness (QED) is 0.770. The summed E-state index contributed by atoms with van der Waals surface area (Å²) in [6.07, 6.45) is 1.66. The van der Waals surface area contributed by atoms with E-state index in [4.69, 9.17) is 16.3 Å². The second-order valence-corrected chi connectivity index (χ2v) is 5.47. The number of nitrogens with one attached hydrogen (secondary N) is 1. The zero-order chi connectivity index (χ0) is 16.9. The van der Waals surface area contributed by atoms with Crippen molar-refractivity contribution in [3.63, 3.8) is 0 Å². The van der Waals surface area contributed by atoms with Gasteiger partial charge in [-0.3, -0.25) is 4.79 Å². The number of halogens is 1. The Bertz CT molecular complexity index is 863. The molecule has 0 unspecified atom stereocenters. The van der Waals surface area contributed by atoms with Crippen LogP contribution in [0.3, 0.4) is 0 Å². The molecule has 0 spiro atoms. The Morgan fingerprint density at radius 2 is 2.04 bits per heavy atom. The van der Waals surface area contributed by atoms with Crippen LogP contribution >= 0.6 is 11.6 Å². The predicted molar refractivity (Wildman–Crippen MR) is 91.2 cm³/mol. The van der Waals surface area contributed by atoms with Crippen molar-refractivity contribution in [3.05, 3.63) is 71.1 Å². The van der Waals surface area contributed by atoms with Gasteiger partial charge in [0.2, 0.25) is 0 Å². The largest absolute Gasteiger partial charge is 0.470 e. The number of nitrogens with zero attached hydrogens (tertiary/aromatic N) is 3. The third-order valence-electron chi connectivity index (χ3n) is 3.19. The van der Waals surface area contributed by atoms with Gasteiger partial charge in [-0.2, -0.15) is 5.10 Å². The highest BCUT2D eigenvalue weighted by atomic mass is 35.5. The summed E-state index contributed by atoms with van der Waals surface area (Å²) < 4.78 is 7.09. The Labute approximate surface area is 144 Å². The van der Waals surface area contributed by atoms with Crippen molar-refractivity contribution >= 4 is 23.3 Å². The molecule has 3 rings (SSSR count). The van der Waals surface area contributed by atoms with Crippen LogP contribution in [0.15, 0.2) is 54.7 Å². The summed E-state index contributed by atoms with van der Waals surface area (Å²) in [6.45, 7) is 2.01. The summed E-state index contributed by atoms with van der Waals surface area (Å²) >= 11 is 6.02. The molecule has 0 atom stereocenters. The first kappa shape index (κ1) is 16.0. The first-order valence-electron chi connectivity index (χ1n) is 7.27. The molecule has 122 valence electrons. The lowest BCUT2D eigenvalue weighted by atomic mass is 10.3. The summed E-state index contributed by atoms with van der Waals surface area (Å²) in [5.74, 6) is 0.719. The molecule has 0 fully saturated rings. The van der Waals surface area contributed by atoms with Gasteiger partial charge in [0.15, 0.2) is 12.4 Å². The summed E-state index contributed by atoms with van der Waals surface area (Å²) in [7, 11) is 0. The number of amides is 1. The maximum absolute atomic E-state index is 12.2. The van der Waals surface area contributed by atoms with Gasteiger partial charge in [0.25, 0.3) is 5.91 Å². The van der Waals surface area contributed by atoms with Crippen LogP contribution < -0.4 is 10.1 Å². The third-order valence-corrected chi connectivity index (χ3v) is 3.50. The molecule has 1 aromatic carbocycles. The van der Waals surface area contributed by atoms with E-state index < -0.39 is 0 Å². The number of rotatable bonds is 5. The summed E-state index contributed by atoms with van der Waals surface area (Å²) in [5, 5.41) is 7.41. The molecule has 0 saturated heterocycles. The number of hydrogen-bond acceptors (Lipinski definition) is 4. The Morgan fingerprint density at radius 3 is 2.83 bits per heavy atom. The SMILES string of the molecule is Cc1cccc(NC(=O)c2ccn(COc3ccccc3Cl)n2)n1. The monoisotopic (exact) mass is 342 g/mol. The van der Waals surface area contributed by atoms with Crippen LogP contribution in [0.5, 0.6) is 5.75 Å². The molecule has 0 aliphatic heterocycles. The van der Waals surface area contributed by atoms with Crippen molar-refractivity contribution in [1.29, 1.82) is 0 Å². The molecule has 24 heavy (non-hydrogen) atoms. The second kappa shape index (κ2) is 7.14. The number of carbonyl (C=O) groups excluding carboxylic acids is 1. The van der Waals surface area contributed by atoms with Gasteiger partial charge < -0.3 is 10.1 Å². The minimum absolute atomic E-state index is 0.152. The van der Waals surface area contributed by atoms with E-state index in [0.717, 1.165) is 5.69 Å². The molecule has 1 amide bonds. The fourth-order valence-electron chi connectivity index (χ4n) is 2.05. The van der Waals surface area contributed by atoms with Crippen LogP contribution in [0, 0.1) is 6.92 Å². The minimum Gasteiger partial charge on any atom is -0.470 e. The molecule has 0 aliphatic rings. The van der Waals surface area contributed by atoms with E-state index >= 15 is 0 Å². The lowest BCUT2D eigenvalue weighted by Crippen LogP contribution is -2.15. The highest BCUT2D eigenvalue weighted by Gasteiger charge is 2.11. The van der Waals surface area contributed by atoms with Crippen LogP contribution in [-0.4, -0.2) is 20.7 Å². The van der Waals surface area contributed by atoms with Gasteiger partial charge in [-0.25, -0.2) is 9.67 Å². The Balaban J connectivity index is 1.62. The molecule has 7 heteroatoms. The molecule has 3 aromatic rings. The van der Waals surface area contributed by atoms with E-state index in [1.54, 1.807) is 30.5 Å². The Morgan fingerprint density at radius 1 is 1.21 bits per heavy atom. The van der Waals surface area contributed by atoms with Gasteiger partial charge in [0.1, 0.15) is 11.6 Å². The number of benzene rings is 1. The first-order chi connectivity index (χ1) is 11.6. The number of para-hydroxylation sites is 1. The zero-order valence-electron chi connectivity index (χ0n) is 12.9. The predicted octanol–water partition coefficient (Wildman–Crippen LogP) is 3.53. The van der Waals surface area contributed by atoms with E-state index in [0.29, 0.717) is 16.6 Å². The number of ether oxygens (including phenoxy) is 1. The highest BCUT2D eigenvalue weighted by Crippen LogP contribution is 2.23. The van der Waals surface area contributed by atoms with Crippen molar-refractivity contribution in [3.8, 4) is 5.75 Å². The van der Waals surface area contributed by atoms with E-state index in [1.807, 2.05) is 31.2 Å². The molecular weight excluding hydrogens is 328 g/mol. The molecule has 6 nitrogen and oxygen atoms in total. The van der Waals surface area contributed by atoms with Crippen LogP contribution in [0.25, 0.3) is 0 Å². The van der Waals surface area contributed by atoms with Gasteiger partial charge in [-0.1, -0.05) is 29.8 Å². The van der Waals surface area contributed by atoms with E-state index in [1.165, 1.54) is 4.68 Å². The van der Waals surface area contributed by atoms with Crippen molar-refractivity contribution in [2.24, 2.45) is 0 Å². The van der Waals surface area contributed by atoms with Gasteiger partial charge >= 0.3 is 0 Å². The van der Waals surface area contributed by atoms with Crippen LogP contribution in [0.4, 0.5) is 5.82 Å². The third kappa shape index (κ3) is 3.91. The molecular formula is C17H15ClN4O2. The van der Waals surface area contributed by atoms with Crippen molar-refractivity contribution < 1.29 is 9.53 Å². The molecule has 0 aliphatic carbocycles. The molecule has 2 heterocycles. The Kier molecular flexibility index (Phi) is 4.77. The average molecular weight is 343 g/mol. The number of hydrogen-bond donors (Lipinski definition) is 1. The number of pyridine rings is 1. The van der Waals surface area contributed by atoms with Crippen LogP contribution in [0.1, 0.15) is 16.2 Å². The Hall–Kier alpha value is -2.86. The second-order valence-electron chi connectivity index (χ2n) is 5.06. The van der Waals surface area contributed by atoms with Crippen LogP contribution in [-0.2, 0) is 6.73 Å². The normalized spacial score (nSPS) is 10.4. The van der Waals surface area contributed by atoms with Gasteiger partial charge in [0, 0.05) is 11.9 Å². The summed E-state index contributed by atoms with van der Waals surface area (Å²) in [4.78, 5) is 16.4. The zero-order valence-corrected chi connectivity index (χ0v) is 13.7. The van der Waals surface area contributed by atoms with Crippen molar-refractivity contribution in [1.82, 2.24) is 14.8 Å². The summed E-state index contributed by atoms with van der Waals surface area (Å²) in [6, 6.07) is 14.2. The highest BCUT2D eigenvalue weighted by molar-refractivity contribution is 6.32. The topological polar surface area (TPSA) is 69.0 Å². The number of carbonyl (C=O) groups is 1. The van der Waals surface area contributed by atoms with E-state index in [9.17, 15) is 4.79 Å².